The average molecular weight is 372 g/mol. The van der Waals surface area contributed by atoms with Crippen LogP contribution >= 0.6 is 0 Å². The van der Waals surface area contributed by atoms with Crippen molar-refractivity contribution in [2.45, 2.75) is 26.7 Å². The van der Waals surface area contributed by atoms with Gasteiger partial charge in [-0.15, -0.1) is 5.10 Å². The number of nitrogens with zero attached hydrogens (tertiary/aromatic N) is 5. The van der Waals surface area contributed by atoms with Gasteiger partial charge in [-0.3, -0.25) is 9.59 Å². The molecular formula is C18H24N6O3. The molecular weight excluding hydrogens is 348 g/mol. The molecule has 0 aliphatic carbocycles. The first-order chi connectivity index (χ1) is 13.1. The topological polar surface area (TPSA) is 102 Å². The van der Waals surface area contributed by atoms with Crippen molar-refractivity contribution < 1.29 is 14.3 Å². The highest BCUT2D eigenvalue weighted by Crippen LogP contribution is 2.20. The molecule has 1 aliphatic rings. The molecule has 0 atom stereocenters. The molecule has 0 saturated carbocycles. The Balaban J connectivity index is 1.50. The first-order valence-electron chi connectivity index (χ1n) is 9.10. The predicted molar refractivity (Wildman–Crippen MR) is 98.3 cm³/mol. The van der Waals surface area contributed by atoms with Gasteiger partial charge in [0, 0.05) is 18.8 Å². The van der Waals surface area contributed by atoms with Gasteiger partial charge in [-0.25, -0.2) is 4.68 Å². The second-order valence-electron chi connectivity index (χ2n) is 6.52. The molecule has 2 heterocycles. The number of likely N-dealkylation sites (tertiary alicyclic amines) is 1. The molecule has 144 valence electrons. The Morgan fingerprint density at radius 2 is 2.07 bits per heavy atom. The van der Waals surface area contributed by atoms with Gasteiger partial charge in [0.05, 0.1) is 24.8 Å². The van der Waals surface area contributed by atoms with Crippen molar-refractivity contribution in [2.24, 2.45) is 5.92 Å². The molecule has 1 fully saturated rings. The Hall–Kier alpha value is -2.97. The molecule has 3 rings (SSSR count). The van der Waals surface area contributed by atoms with E-state index in [2.05, 4.69) is 20.8 Å². The van der Waals surface area contributed by atoms with Crippen LogP contribution < -0.4 is 5.32 Å². The quantitative estimate of drug-likeness (QED) is 0.760. The number of carbonyl (C=O) groups is 2. The number of piperidine rings is 1. The lowest BCUT2D eigenvalue weighted by Crippen LogP contribution is -2.43. The van der Waals surface area contributed by atoms with Crippen LogP contribution in [0.2, 0.25) is 0 Å². The van der Waals surface area contributed by atoms with Gasteiger partial charge in [0.2, 0.25) is 5.91 Å². The lowest BCUT2D eigenvalue weighted by molar-refractivity contribution is -0.151. The van der Waals surface area contributed by atoms with E-state index in [1.54, 1.807) is 22.8 Å². The fraction of sp³-hybridized carbons (Fsp3) is 0.500. The zero-order chi connectivity index (χ0) is 19.2. The van der Waals surface area contributed by atoms with E-state index in [0.717, 1.165) is 16.9 Å². The van der Waals surface area contributed by atoms with Gasteiger partial charge in [-0.2, -0.15) is 0 Å². The smallest absolute Gasteiger partial charge is 0.309 e. The van der Waals surface area contributed by atoms with E-state index in [1.165, 1.54) is 0 Å². The van der Waals surface area contributed by atoms with Crippen LogP contribution in [-0.2, 0) is 14.3 Å². The minimum absolute atomic E-state index is 0.0273. The molecule has 2 aromatic rings. The first-order valence-corrected chi connectivity index (χ1v) is 9.10. The fourth-order valence-electron chi connectivity index (χ4n) is 3.21. The Morgan fingerprint density at radius 1 is 1.30 bits per heavy atom. The lowest BCUT2D eigenvalue weighted by atomic mass is 9.97. The van der Waals surface area contributed by atoms with Gasteiger partial charge in [-0.05, 0) is 60.9 Å². The monoisotopic (exact) mass is 372 g/mol. The maximum atomic E-state index is 12.4. The minimum Gasteiger partial charge on any atom is -0.466 e. The summed E-state index contributed by atoms with van der Waals surface area (Å²) in [7, 11) is 0. The third-order valence-electron chi connectivity index (χ3n) is 4.70. The highest BCUT2D eigenvalue weighted by Gasteiger charge is 2.27. The van der Waals surface area contributed by atoms with Crippen molar-refractivity contribution in [3.63, 3.8) is 0 Å². The average Bonchev–Trinajstić information content (AvgIpc) is 3.21. The van der Waals surface area contributed by atoms with E-state index in [0.29, 0.717) is 32.5 Å². The van der Waals surface area contributed by atoms with Crippen LogP contribution in [0, 0.1) is 12.8 Å². The Kier molecular flexibility index (Phi) is 6.00. The maximum Gasteiger partial charge on any atom is 0.309 e. The van der Waals surface area contributed by atoms with Crippen LogP contribution in [0.4, 0.5) is 5.69 Å². The standard InChI is InChI=1S/C18H24N6O3/c1-3-27-18(26)14-6-8-23(9-7-14)17(25)11-19-15-4-5-16(13(2)10-15)24-12-20-21-22-24/h4-5,10,12,14,19H,3,6-9,11H2,1-2H3. The second-order valence-corrected chi connectivity index (χ2v) is 6.52. The normalized spacial score (nSPS) is 14.8. The number of hydrogen-bond donors (Lipinski definition) is 1. The van der Waals surface area contributed by atoms with Crippen molar-refractivity contribution in [1.29, 1.82) is 0 Å². The molecule has 0 bridgehead atoms. The summed E-state index contributed by atoms with van der Waals surface area (Å²) in [6.45, 7) is 5.55. The van der Waals surface area contributed by atoms with E-state index < -0.39 is 0 Å². The van der Waals surface area contributed by atoms with Crippen LogP contribution in [0.1, 0.15) is 25.3 Å². The van der Waals surface area contributed by atoms with Crippen LogP contribution in [0.15, 0.2) is 24.5 Å². The van der Waals surface area contributed by atoms with Crippen molar-refractivity contribution >= 4 is 17.6 Å². The maximum absolute atomic E-state index is 12.4. The summed E-state index contributed by atoms with van der Waals surface area (Å²) < 4.78 is 6.66. The third-order valence-corrected chi connectivity index (χ3v) is 4.70. The van der Waals surface area contributed by atoms with Crippen molar-refractivity contribution in [1.82, 2.24) is 25.1 Å². The largest absolute Gasteiger partial charge is 0.466 e. The summed E-state index contributed by atoms with van der Waals surface area (Å²) in [4.78, 5) is 26.0. The number of tetrazole rings is 1. The molecule has 9 heteroatoms. The minimum atomic E-state index is -0.152. The van der Waals surface area contributed by atoms with Crippen LogP contribution in [-0.4, -0.2) is 63.2 Å². The van der Waals surface area contributed by atoms with Crippen molar-refractivity contribution in [3.05, 3.63) is 30.1 Å². The van der Waals surface area contributed by atoms with Crippen LogP contribution in [0.5, 0.6) is 0 Å². The number of ether oxygens (including phenoxy) is 1. The molecule has 27 heavy (non-hydrogen) atoms. The molecule has 1 amide bonds. The van der Waals surface area contributed by atoms with E-state index in [9.17, 15) is 9.59 Å². The summed E-state index contributed by atoms with van der Waals surface area (Å²) in [5.41, 5.74) is 2.74. The molecule has 9 nitrogen and oxygen atoms in total. The molecule has 1 saturated heterocycles. The molecule has 1 aliphatic heterocycles. The zero-order valence-electron chi connectivity index (χ0n) is 15.6. The van der Waals surface area contributed by atoms with E-state index in [1.807, 2.05) is 25.1 Å². The van der Waals surface area contributed by atoms with Gasteiger partial charge in [0.15, 0.2) is 0 Å². The molecule has 1 aromatic carbocycles. The summed E-state index contributed by atoms with van der Waals surface area (Å²) >= 11 is 0. The van der Waals surface area contributed by atoms with Crippen molar-refractivity contribution in [3.8, 4) is 5.69 Å². The van der Waals surface area contributed by atoms with Gasteiger partial charge in [0.25, 0.3) is 0 Å². The zero-order valence-corrected chi connectivity index (χ0v) is 15.6. The number of nitrogens with one attached hydrogen (secondary N) is 1. The fourth-order valence-corrected chi connectivity index (χ4v) is 3.21. The van der Waals surface area contributed by atoms with Gasteiger partial charge in [0.1, 0.15) is 6.33 Å². The second kappa shape index (κ2) is 8.61. The molecule has 1 aromatic heterocycles. The Labute approximate surface area is 157 Å². The number of anilines is 1. The van der Waals surface area contributed by atoms with E-state index in [4.69, 9.17) is 4.74 Å². The SMILES string of the molecule is CCOC(=O)C1CCN(C(=O)CNc2ccc(-n3cnnn3)c(C)c2)CC1. The summed E-state index contributed by atoms with van der Waals surface area (Å²) in [5.74, 6) is -0.219. The number of amides is 1. The Bertz CT molecular complexity index is 784. The van der Waals surface area contributed by atoms with Gasteiger partial charge in [-0.1, -0.05) is 0 Å². The summed E-state index contributed by atoms with van der Waals surface area (Å²) in [5, 5.41) is 14.3. The lowest BCUT2D eigenvalue weighted by Gasteiger charge is -2.31. The predicted octanol–water partition coefficient (Wildman–Crippen LogP) is 1.18. The number of aryl methyl sites for hydroxylation is 1. The van der Waals surface area contributed by atoms with Crippen LogP contribution in [0.3, 0.4) is 0 Å². The van der Waals surface area contributed by atoms with Gasteiger partial charge < -0.3 is 15.0 Å². The summed E-state index contributed by atoms with van der Waals surface area (Å²) in [6.07, 6.45) is 2.85. The number of aromatic nitrogens is 4. The van der Waals surface area contributed by atoms with Crippen LogP contribution in [0.25, 0.3) is 5.69 Å². The number of benzene rings is 1. The highest BCUT2D eigenvalue weighted by molar-refractivity contribution is 5.81. The molecule has 0 radical (unpaired) electrons. The van der Waals surface area contributed by atoms with E-state index in [-0.39, 0.29) is 24.3 Å². The van der Waals surface area contributed by atoms with Gasteiger partial charge >= 0.3 is 5.97 Å². The number of esters is 1. The number of hydrogen-bond acceptors (Lipinski definition) is 7. The highest BCUT2D eigenvalue weighted by atomic mass is 16.5. The molecule has 0 spiro atoms. The summed E-state index contributed by atoms with van der Waals surface area (Å²) in [6, 6.07) is 5.75. The Morgan fingerprint density at radius 3 is 2.70 bits per heavy atom. The molecule has 0 unspecified atom stereocenters. The molecule has 1 N–H and O–H groups in total. The number of rotatable bonds is 6. The van der Waals surface area contributed by atoms with Crippen molar-refractivity contribution in [2.75, 3.05) is 31.6 Å². The first kappa shape index (κ1) is 18.8. The van der Waals surface area contributed by atoms with E-state index >= 15 is 0 Å². The third kappa shape index (κ3) is 4.60. The number of carbonyl (C=O) groups excluding carboxylic acids is 2.